The fourth-order valence-corrected chi connectivity index (χ4v) is 2.49. The molecule has 0 aliphatic heterocycles. The number of fused-ring (bicyclic) bond motifs is 1. The van der Waals surface area contributed by atoms with E-state index in [1.807, 2.05) is 0 Å². The second-order valence-electron chi connectivity index (χ2n) is 4.47. The van der Waals surface area contributed by atoms with Crippen molar-refractivity contribution < 1.29 is 18.3 Å². The number of rotatable bonds is 3. The zero-order chi connectivity index (χ0) is 15.0. The maximum absolute atomic E-state index is 13.2. The van der Waals surface area contributed by atoms with Gasteiger partial charge in [-0.25, -0.2) is 4.39 Å². The number of furan rings is 1. The Morgan fingerprint density at radius 2 is 2.00 bits per heavy atom. The van der Waals surface area contributed by atoms with E-state index in [9.17, 15) is 9.18 Å². The highest BCUT2D eigenvalue weighted by Gasteiger charge is 2.18. The highest BCUT2D eigenvalue weighted by Crippen LogP contribution is 2.27. The summed E-state index contributed by atoms with van der Waals surface area (Å²) in [4.78, 5) is 12.5. The highest BCUT2D eigenvalue weighted by molar-refractivity contribution is 9.10. The maximum atomic E-state index is 13.2. The molecule has 3 nitrogen and oxygen atoms in total. The van der Waals surface area contributed by atoms with Gasteiger partial charge in [0.2, 0.25) is 5.78 Å². The molecule has 0 aliphatic rings. The van der Waals surface area contributed by atoms with Crippen molar-refractivity contribution in [2.75, 3.05) is 7.11 Å². The van der Waals surface area contributed by atoms with Crippen molar-refractivity contribution in [2.24, 2.45) is 0 Å². The average molecular weight is 349 g/mol. The van der Waals surface area contributed by atoms with Gasteiger partial charge in [-0.05, 0) is 42.5 Å². The van der Waals surface area contributed by atoms with Crippen molar-refractivity contribution in [1.82, 2.24) is 0 Å². The molecule has 5 heteroatoms. The standard InChI is InChI=1S/C16H10BrFO3/c1-20-11-3-4-13(17)12(8-11)16(19)15-7-9-6-10(18)2-5-14(9)21-15/h2-8H,1H3. The first-order chi connectivity index (χ1) is 10.1. The molecule has 1 heterocycles. The Balaban J connectivity index is 2.07. The van der Waals surface area contributed by atoms with Gasteiger partial charge in [-0.2, -0.15) is 0 Å². The minimum absolute atomic E-state index is 0.157. The Kier molecular flexibility index (Phi) is 3.51. The monoisotopic (exact) mass is 348 g/mol. The van der Waals surface area contributed by atoms with Crippen LogP contribution in [0.5, 0.6) is 5.75 Å². The molecule has 0 fully saturated rings. The molecular weight excluding hydrogens is 339 g/mol. The largest absolute Gasteiger partial charge is 0.497 e. The molecule has 1 aromatic heterocycles. The number of carbonyl (C=O) groups is 1. The summed E-state index contributed by atoms with van der Waals surface area (Å²) in [7, 11) is 1.53. The lowest BCUT2D eigenvalue weighted by atomic mass is 10.1. The number of ketones is 1. The smallest absolute Gasteiger partial charge is 0.229 e. The molecule has 2 aromatic carbocycles. The fraction of sp³-hybridized carbons (Fsp3) is 0.0625. The SMILES string of the molecule is COc1ccc(Br)c(C(=O)c2cc3cc(F)ccc3o2)c1. The van der Waals surface area contributed by atoms with Crippen molar-refractivity contribution in [1.29, 1.82) is 0 Å². The van der Waals surface area contributed by atoms with Gasteiger partial charge in [0, 0.05) is 15.4 Å². The zero-order valence-corrected chi connectivity index (χ0v) is 12.6. The number of carbonyl (C=O) groups excluding carboxylic acids is 1. The van der Waals surface area contributed by atoms with Crippen LogP contribution in [0.2, 0.25) is 0 Å². The number of ether oxygens (including phenoxy) is 1. The van der Waals surface area contributed by atoms with Gasteiger partial charge in [0.15, 0.2) is 5.76 Å². The van der Waals surface area contributed by atoms with Crippen molar-refractivity contribution in [3.8, 4) is 5.75 Å². The van der Waals surface area contributed by atoms with Gasteiger partial charge in [0.1, 0.15) is 17.1 Å². The third-order valence-electron chi connectivity index (χ3n) is 3.12. The van der Waals surface area contributed by atoms with Crippen LogP contribution in [0.1, 0.15) is 16.1 Å². The molecule has 0 aliphatic carbocycles. The van der Waals surface area contributed by atoms with Gasteiger partial charge in [0.25, 0.3) is 0 Å². The number of halogens is 2. The molecule has 0 bridgehead atoms. The van der Waals surface area contributed by atoms with Gasteiger partial charge in [-0.15, -0.1) is 0 Å². The van der Waals surface area contributed by atoms with Crippen LogP contribution in [-0.2, 0) is 0 Å². The third-order valence-corrected chi connectivity index (χ3v) is 3.81. The van der Waals surface area contributed by atoms with Crippen molar-refractivity contribution in [3.05, 3.63) is 64.1 Å². The number of hydrogen-bond acceptors (Lipinski definition) is 3. The Morgan fingerprint density at radius 1 is 1.19 bits per heavy atom. The molecule has 0 radical (unpaired) electrons. The first-order valence-corrected chi connectivity index (χ1v) is 6.95. The molecule has 0 atom stereocenters. The molecular formula is C16H10BrFO3. The van der Waals surface area contributed by atoms with E-state index >= 15 is 0 Å². The lowest BCUT2D eigenvalue weighted by Gasteiger charge is -2.04. The molecule has 0 N–H and O–H groups in total. The molecule has 21 heavy (non-hydrogen) atoms. The highest BCUT2D eigenvalue weighted by atomic mass is 79.9. The molecule has 0 saturated heterocycles. The molecule has 0 saturated carbocycles. The number of methoxy groups -OCH3 is 1. The maximum Gasteiger partial charge on any atom is 0.229 e. The van der Waals surface area contributed by atoms with Crippen LogP contribution in [-0.4, -0.2) is 12.9 Å². The topological polar surface area (TPSA) is 39.4 Å². The lowest BCUT2D eigenvalue weighted by molar-refractivity contribution is 0.101. The average Bonchev–Trinajstić information content (AvgIpc) is 2.90. The van der Waals surface area contributed by atoms with E-state index in [0.717, 1.165) is 0 Å². The van der Waals surface area contributed by atoms with E-state index < -0.39 is 0 Å². The van der Waals surface area contributed by atoms with Gasteiger partial charge < -0.3 is 9.15 Å². The second-order valence-corrected chi connectivity index (χ2v) is 5.32. The van der Waals surface area contributed by atoms with E-state index in [0.29, 0.717) is 26.8 Å². The van der Waals surface area contributed by atoms with Crippen LogP contribution in [0.3, 0.4) is 0 Å². The second kappa shape index (κ2) is 5.33. The van der Waals surface area contributed by atoms with Gasteiger partial charge >= 0.3 is 0 Å². The summed E-state index contributed by atoms with van der Waals surface area (Å²) in [5.41, 5.74) is 0.896. The van der Waals surface area contributed by atoms with Crippen LogP contribution < -0.4 is 4.74 Å². The predicted molar refractivity (Wildman–Crippen MR) is 80.3 cm³/mol. The summed E-state index contributed by atoms with van der Waals surface area (Å²) in [5.74, 6) is 0.0653. The van der Waals surface area contributed by atoms with Crippen LogP contribution in [0.4, 0.5) is 4.39 Å². The van der Waals surface area contributed by atoms with Crippen LogP contribution in [0, 0.1) is 5.82 Å². The summed E-state index contributed by atoms with van der Waals surface area (Å²) in [5, 5.41) is 0.553. The Hall–Kier alpha value is -2.14. The molecule has 106 valence electrons. The van der Waals surface area contributed by atoms with Gasteiger partial charge in [-0.1, -0.05) is 15.9 Å². The number of hydrogen-bond donors (Lipinski definition) is 0. The van der Waals surface area contributed by atoms with Gasteiger partial charge in [-0.3, -0.25) is 4.79 Å². The molecule has 0 amide bonds. The summed E-state index contributed by atoms with van der Waals surface area (Å²) in [6.07, 6.45) is 0. The Labute approximate surface area is 128 Å². The van der Waals surface area contributed by atoms with Crippen molar-refractivity contribution in [3.63, 3.8) is 0 Å². The first-order valence-electron chi connectivity index (χ1n) is 6.16. The van der Waals surface area contributed by atoms with Crippen molar-refractivity contribution >= 4 is 32.7 Å². The van der Waals surface area contributed by atoms with Crippen LogP contribution >= 0.6 is 15.9 Å². The molecule has 3 aromatic rings. The van der Waals surface area contributed by atoms with E-state index in [2.05, 4.69) is 15.9 Å². The van der Waals surface area contributed by atoms with Crippen molar-refractivity contribution in [2.45, 2.75) is 0 Å². The lowest BCUT2D eigenvalue weighted by Crippen LogP contribution is -2.01. The third kappa shape index (κ3) is 2.56. The van der Waals surface area contributed by atoms with Gasteiger partial charge in [0.05, 0.1) is 7.11 Å². The summed E-state index contributed by atoms with van der Waals surface area (Å²) in [6.45, 7) is 0. The van der Waals surface area contributed by atoms with Crippen LogP contribution in [0.15, 0.2) is 51.4 Å². The summed E-state index contributed by atoms with van der Waals surface area (Å²) >= 11 is 3.33. The predicted octanol–water partition coefficient (Wildman–Crippen LogP) is 4.57. The minimum atomic E-state index is -0.371. The zero-order valence-electron chi connectivity index (χ0n) is 11.0. The van der Waals surface area contributed by atoms with E-state index in [1.54, 1.807) is 18.2 Å². The molecule has 0 spiro atoms. The van der Waals surface area contributed by atoms with E-state index in [4.69, 9.17) is 9.15 Å². The first kappa shape index (κ1) is 13.8. The van der Waals surface area contributed by atoms with E-state index in [-0.39, 0.29) is 17.4 Å². The quantitative estimate of drug-likeness (QED) is 0.650. The summed E-state index contributed by atoms with van der Waals surface area (Å²) < 4.78 is 24.4. The Morgan fingerprint density at radius 3 is 2.76 bits per heavy atom. The number of benzene rings is 2. The van der Waals surface area contributed by atoms with Crippen LogP contribution in [0.25, 0.3) is 11.0 Å². The fourth-order valence-electron chi connectivity index (χ4n) is 2.06. The summed E-state index contributed by atoms with van der Waals surface area (Å²) in [6, 6.07) is 10.8. The Bertz CT molecular complexity index is 839. The normalized spacial score (nSPS) is 10.8. The molecule has 3 rings (SSSR count). The minimum Gasteiger partial charge on any atom is -0.497 e. The molecule has 0 unspecified atom stereocenters. The van der Waals surface area contributed by atoms with E-state index in [1.165, 1.54) is 31.4 Å².